The molecule has 0 atom stereocenters. The number of thiophene rings is 1. The van der Waals surface area contributed by atoms with Gasteiger partial charge in [0.25, 0.3) is 0 Å². The molecule has 0 N–H and O–H groups in total. The number of aryl methyl sites for hydroxylation is 1. The number of aromatic nitrogens is 4. The number of Topliss-reactive ketones (excluding diaryl/α,β-unsaturated/α-hetero) is 1. The Morgan fingerprint density at radius 2 is 2.00 bits per heavy atom. The van der Waals surface area contributed by atoms with E-state index >= 15 is 0 Å². The van der Waals surface area contributed by atoms with Gasteiger partial charge in [0.1, 0.15) is 0 Å². The minimum Gasteiger partial charge on any atom is -0.456 e. The second-order valence-corrected chi connectivity index (χ2v) is 6.20. The molecule has 3 aromatic rings. The molecule has 0 aliphatic rings. The fourth-order valence-electron chi connectivity index (χ4n) is 2.13. The zero-order valence-corrected chi connectivity index (χ0v) is 14.4. The van der Waals surface area contributed by atoms with Gasteiger partial charge in [-0.2, -0.15) is 4.80 Å². The SMILES string of the molecule is CCc1ccc(C(=O)COC(=O)Cn2nnc(-c3cccs3)n2)cc1. The quantitative estimate of drug-likeness (QED) is 0.477. The Balaban J connectivity index is 1.51. The molecule has 0 unspecified atom stereocenters. The third kappa shape index (κ3) is 4.36. The van der Waals surface area contributed by atoms with Crippen molar-refractivity contribution < 1.29 is 14.3 Å². The third-order valence-corrected chi connectivity index (χ3v) is 4.38. The van der Waals surface area contributed by atoms with Crippen LogP contribution < -0.4 is 0 Å². The van der Waals surface area contributed by atoms with Crippen LogP contribution in [0.3, 0.4) is 0 Å². The predicted octanol–water partition coefficient (Wildman–Crippen LogP) is 2.39. The molecule has 25 heavy (non-hydrogen) atoms. The highest BCUT2D eigenvalue weighted by Gasteiger charge is 2.13. The second-order valence-electron chi connectivity index (χ2n) is 5.26. The Morgan fingerprint density at radius 1 is 1.20 bits per heavy atom. The minimum absolute atomic E-state index is 0.194. The smallest absolute Gasteiger partial charge is 0.330 e. The number of hydrogen-bond acceptors (Lipinski definition) is 7. The summed E-state index contributed by atoms with van der Waals surface area (Å²) in [5.41, 5.74) is 1.66. The summed E-state index contributed by atoms with van der Waals surface area (Å²) >= 11 is 1.48. The molecule has 0 saturated heterocycles. The average Bonchev–Trinajstić information content (AvgIpc) is 3.31. The Bertz CT molecular complexity index is 856. The van der Waals surface area contributed by atoms with Crippen molar-refractivity contribution >= 4 is 23.1 Å². The van der Waals surface area contributed by atoms with Crippen LogP contribution in [-0.4, -0.2) is 38.6 Å². The first kappa shape index (κ1) is 17.0. The van der Waals surface area contributed by atoms with E-state index in [2.05, 4.69) is 15.4 Å². The lowest BCUT2D eigenvalue weighted by molar-refractivity contribution is -0.143. The molecule has 7 nitrogen and oxygen atoms in total. The van der Waals surface area contributed by atoms with Crippen LogP contribution in [0.25, 0.3) is 10.7 Å². The lowest BCUT2D eigenvalue weighted by atomic mass is 10.1. The molecule has 1 aromatic carbocycles. The first-order chi connectivity index (χ1) is 12.2. The van der Waals surface area contributed by atoms with Crippen molar-refractivity contribution in [2.24, 2.45) is 0 Å². The van der Waals surface area contributed by atoms with Gasteiger partial charge in [0.2, 0.25) is 5.82 Å². The lowest BCUT2D eigenvalue weighted by Gasteiger charge is -2.04. The Hall–Kier alpha value is -2.87. The van der Waals surface area contributed by atoms with Crippen LogP contribution in [0.5, 0.6) is 0 Å². The highest BCUT2D eigenvalue weighted by molar-refractivity contribution is 7.13. The summed E-state index contributed by atoms with van der Waals surface area (Å²) in [6.45, 7) is 1.54. The molecular weight excluding hydrogens is 340 g/mol. The summed E-state index contributed by atoms with van der Waals surface area (Å²) in [7, 11) is 0. The third-order valence-electron chi connectivity index (χ3n) is 3.51. The van der Waals surface area contributed by atoms with Crippen LogP contribution >= 0.6 is 11.3 Å². The van der Waals surface area contributed by atoms with Crippen molar-refractivity contribution in [3.63, 3.8) is 0 Å². The average molecular weight is 356 g/mol. The zero-order chi connectivity index (χ0) is 17.6. The molecule has 2 aromatic heterocycles. The maximum Gasteiger partial charge on any atom is 0.330 e. The molecule has 0 radical (unpaired) electrons. The largest absolute Gasteiger partial charge is 0.456 e. The minimum atomic E-state index is -0.589. The van der Waals surface area contributed by atoms with Crippen molar-refractivity contribution in [2.75, 3.05) is 6.61 Å². The molecule has 0 spiro atoms. The highest BCUT2D eigenvalue weighted by Crippen LogP contribution is 2.19. The van der Waals surface area contributed by atoms with E-state index in [4.69, 9.17) is 4.74 Å². The van der Waals surface area contributed by atoms with Gasteiger partial charge in [-0.3, -0.25) is 4.79 Å². The molecule has 0 saturated carbocycles. The standard InChI is InChI=1S/C17H16N4O3S/c1-2-12-5-7-13(8-6-12)14(22)11-24-16(23)10-21-19-17(18-20-21)15-4-3-9-25-15/h3-9H,2,10-11H2,1H3. The number of rotatable bonds is 7. The van der Waals surface area contributed by atoms with Crippen molar-refractivity contribution in [2.45, 2.75) is 19.9 Å². The normalized spacial score (nSPS) is 10.6. The van der Waals surface area contributed by atoms with E-state index in [1.165, 1.54) is 11.3 Å². The van der Waals surface area contributed by atoms with E-state index < -0.39 is 5.97 Å². The molecule has 3 rings (SSSR count). The molecule has 8 heteroatoms. The maximum atomic E-state index is 12.0. The van der Waals surface area contributed by atoms with Gasteiger partial charge < -0.3 is 4.74 Å². The predicted molar refractivity (Wildman–Crippen MR) is 92.2 cm³/mol. The summed E-state index contributed by atoms with van der Waals surface area (Å²) in [4.78, 5) is 25.9. The molecule has 0 fully saturated rings. The number of ketones is 1. The number of ether oxygens (including phenoxy) is 1. The van der Waals surface area contributed by atoms with Crippen molar-refractivity contribution in [1.29, 1.82) is 0 Å². The molecule has 128 valence electrons. The first-order valence-electron chi connectivity index (χ1n) is 7.75. The van der Waals surface area contributed by atoms with Gasteiger partial charge in [0.15, 0.2) is 18.9 Å². The van der Waals surface area contributed by atoms with E-state index in [0.29, 0.717) is 11.4 Å². The van der Waals surface area contributed by atoms with E-state index in [1.54, 1.807) is 12.1 Å². The molecule has 2 heterocycles. The van der Waals surface area contributed by atoms with E-state index in [-0.39, 0.29) is 18.9 Å². The van der Waals surface area contributed by atoms with E-state index in [9.17, 15) is 9.59 Å². The number of benzene rings is 1. The number of nitrogens with zero attached hydrogens (tertiary/aromatic N) is 4. The highest BCUT2D eigenvalue weighted by atomic mass is 32.1. The van der Waals surface area contributed by atoms with Crippen LogP contribution in [0.4, 0.5) is 0 Å². The van der Waals surface area contributed by atoms with Gasteiger partial charge in [-0.05, 0) is 28.6 Å². The van der Waals surface area contributed by atoms with Crippen molar-refractivity contribution in [3.05, 3.63) is 52.9 Å². The number of esters is 1. The Morgan fingerprint density at radius 3 is 2.68 bits per heavy atom. The summed E-state index contributed by atoms with van der Waals surface area (Å²) in [5, 5.41) is 13.7. The van der Waals surface area contributed by atoms with Gasteiger partial charge in [-0.1, -0.05) is 37.3 Å². The Labute approximate surface area is 148 Å². The van der Waals surface area contributed by atoms with Crippen LogP contribution in [0.15, 0.2) is 41.8 Å². The first-order valence-corrected chi connectivity index (χ1v) is 8.63. The monoisotopic (exact) mass is 356 g/mol. The zero-order valence-electron chi connectivity index (χ0n) is 13.6. The topological polar surface area (TPSA) is 87.0 Å². The van der Waals surface area contributed by atoms with E-state index in [1.807, 2.05) is 36.6 Å². The molecule has 0 aliphatic carbocycles. The Kier molecular flexibility index (Phi) is 5.30. The maximum absolute atomic E-state index is 12.0. The van der Waals surface area contributed by atoms with Crippen molar-refractivity contribution in [3.8, 4) is 10.7 Å². The number of carbonyl (C=O) groups excluding carboxylic acids is 2. The van der Waals surface area contributed by atoms with Crippen LogP contribution in [-0.2, 0) is 22.5 Å². The second kappa shape index (κ2) is 7.80. The van der Waals surface area contributed by atoms with E-state index in [0.717, 1.165) is 21.7 Å². The lowest BCUT2D eigenvalue weighted by Crippen LogP contribution is -2.19. The van der Waals surface area contributed by atoms with Gasteiger partial charge in [-0.25, -0.2) is 4.79 Å². The number of hydrogen-bond donors (Lipinski definition) is 0. The fourth-order valence-corrected chi connectivity index (χ4v) is 2.78. The summed E-state index contributed by atoms with van der Waals surface area (Å²) in [6.07, 6.45) is 0.905. The number of carbonyl (C=O) groups is 2. The molecule has 0 amide bonds. The van der Waals surface area contributed by atoms with Gasteiger partial charge in [0.05, 0.1) is 4.88 Å². The molecule has 0 bridgehead atoms. The summed E-state index contributed by atoms with van der Waals surface area (Å²) in [5.74, 6) is -0.384. The molecular formula is C17H16N4O3S. The number of tetrazole rings is 1. The summed E-state index contributed by atoms with van der Waals surface area (Å²) < 4.78 is 5.00. The molecule has 0 aliphatic heterocycles. The van der Waals surface area contributed by atoms with Crippen LogP contribution in [0.1, 0.15) is 22.8 Å². The summed E-state index contributed by atoms with van der Waals surface area (Å²) in [6, 6.07) is 11.0. The fraction of sp³-hybridized carbons (Fsp3) is 0.235. The van der Waals surface area contributed by atoms with Gasteiger partial charge >= 0.3 is 5.97 Å². The van der Waals surface area contributed by atoms with Crippen LogP contribution in [0, 0.1) is 0 Å². The van der Waals surface area contributed by atoms with Gasteiger partial charge in [-0.15, -0.1) is 21.5 Å². The van der Waals surface area contributed by atoms with Crippen LogP contribution in [0.2, 0.25) is 0 Å². The van der Waals surface area contributed by atoms with Crippen molar-refractivity contribution in [1.82, 2.24) is 20.2 Å². The van der Waals surface area contributed by atoms with Gasteiger partial charge in [0, 0.05) is 5.56 Å².